The maximum absolute atomic E-state index is 10.9. The van der Waals surface area contributed by atoms with Crippen LogP contribution in [-0.4, -0.2) is 24.6 Å². The van der Waals surface area contributed by atoms with Crippen molar-refractivity contribution in [2.75, 3.05) is 6.61 Å². The topological polar surface area (TPSA) is 88.2 Å². The van der Waals surface area contributed by atoms with Crippen LogP contribution in [0.5, 0.6) is 0 Å². The summed E-state index contributed by atoms with van der Waals surface area (Å²) in [5.41, 5.74) is 5.21. The zero-order valence-corrected chi connectivity index (χ0v) is 8.09. The molecule has 0 aromatic rings. The van der Waals surface area contributed by atoms with Crippen LogP contribution >= 0.6 is 0 Å². The van der Waals surface area contributed by atoms with Crippen molar-refractivity contribution in [2.24, 2.45) is 5.73 Å². The maximum atomic E-state index is 10.9. The van der Waals surface area contributed by atoms with Crippen LogP contribution in [0, 0.1) is 5.41 Å². The number of nitrogens with one attached hydrogen (secondary N) is 2. The molecule has 5 nitrogen and oxygen atoms in total. The van der Waals surface area contributed by atoms with E-state index in [1.165, 1.54) is 0 Å². The predicted octanol–water partition coefficient (Wildman–Crippen LogP) is 0.837. The van der Waals surface area contributed by atoms with E-state index in [9.17, 15) is 4.79 Å². The Morgan fingerprint density at radius 3 is 2.62 bits per heavy atom. The van der Waals surface area contributed by atoms with Crippen LogP contribution in [0.1, 0.15) is 26.7 Å². The highest BCUT2D eigenvalue weighted by Crippen LogP contribution is 1.97. The second-order valence-corrected chi connectivity index (χ2v) is 2.70. The fraction of sp³-hybridized carbons (Fsp3) is 0.750. The van der Waals surface area contributed by atoms with Gasteiger partial charge in [-0.3, -0.25) is 5.41 Å². The van der Waals surface area contributed by atoms with Gasteiger partial charge >= 0.3 is 6.09 Å². The molecule has 0 aliphatic heterocycles. The minimum absolute atomic E-state index is 0.0728. The van der Waals surface area contributed by atoms with Crippen molar-refractivity contribution >= 4 is 11.9 Å². The number of ether oxygens (including phenoxy) is 1. The third kappa shape index (κ3) is 5.95. The molecule has 0 heterocycles. The minimum atomic E-state index is -0.449. The number of alkyl carbamates (subject to hydrolysis) is 1. The predicted molar refractivity (Wildman–Crippen MR) is 50.8 cm³/mol. The van der Waals surface area contributed by atoms with Crippen molar-refractivity contribution in [1.29, 1.82) is 5.41 Å². The molecule has 0 aromatic carbocycles. The Bertz CT molecular complexity index is 182. The molecule has 0 rings (SSSR count). The lowest BCUT2D eigenvalue weighted by molar-refractivity contribution is 0.148. The number of amidine groups is 1. The zero-order chi connectivity index (χ0) is 10.3. The molecular formula is C8H17N3O2. The average Bonchev–Trinajstić information content (AvgIpc) is 2.02. The zero-order valence-electron chi connectivity index (χ0n) is 8.09. The maximum Gasteiger partial charge on any atom is 0.407 e. The van der Waals surface area contributed by atoms with E-state index in [0.717, 1.165) is 6.42 Å². The quantitative estimate of drug-likeness (QED) is 0.440. The van der Waals surface area contributed by atoms with Gasteiger partial charge in [0.15, 0.2) is 0 Å². The van der Waals surface area contributed by atoms with E-state index in [4.69, 9.17) is 15.9 Å². The Balaban J connectivity index is 3.83. The third-order valence-electron chi connectivity index (χ3n) is 1.56. The number of carbonyl (C=O) groups is 1. The molecular weight excluding hydrogens is 170 g/mol. The summed E-state index contributed by atoms with van der Waals surface area (Å²) in [4.78, 5) is 10.9. The molecule has 76 valence electrons. The summed E-state index contributed by atoms with van der Waals surface area (Å²) in [5, 5.41) is 9.68. The van der Waals surface area contributed by atoms with Gasteiger partial charge in [-0.2, -0.15) is 0 Å². The molecule has 0 bridgehead atoms. The fourth-order valence-electron chi connectivity index (χ4n) is 0.902. The van der Waals surface area contributed by atoms with Gasteiger partial charge in [-0.1, -0.05) is 6.92 Å². The van der Waals surface area contributed by atoms with Gasteiger partial charge in [0.2, 0.25) is 0 Å². The van der Waals surface area contributed by atoms with Crippen molar-refractivity contribution in [3.8, 4) is 0 Å². The molecule has 1 unspecified atom stereocenters. The average molecular weight is 187 g/mol. The van der Waals surface area contributed by atoms with E-state index >= 15 is 0 Å². The van der Waals surface area contributed by atoms with E-state index in [2.05, 4.69) is 5.32 Å². The smallest absolute Gasteiger partial charge is 0.407 e. The van der Waals surface area contributed by atoms with Gasteiger partial charge in [0, 0.05) is 12.5 Å². The van der Waals surface area contributed by atoms with Gasteiger partial charge in [-0.25, -0.2) is 4.79 Å². The normalized spacial score (nSPS) is 11.8. The molecule has 0 aliphatic rings. The van der Waals surface area contributed by atoms with Crippen molar-refractivity contribution in [3.63, 3.8) is 0 Å². The van der Waals surface area contributed by atoms with Gasteiger partial charge in [0.05, 0.1) is 12.4 Å². The number of hydrogen-bond donors (Lipinski definition) is 3. The van der Waals surface area contributed by atoms with Crippen LogP contribution < -0.4 is 11.1 Å². The Labute approximate surface area is 78.1 Å². The standard InChI is InChI=1S/C8H17N3O2/c1-3-6(5-7(9)10)11-8(12)13-4-2/h6H,3-5H2,1-2H3,(H3,9,10)(H,11,12). The van der Waals surface area contributed by atoms with Crippen LogP contribution in [0.4, 0.5) is 4.79 Å². The molecule has 1 amide bonds. The first-order valence-electron chi connectivity index (χ1n) is 4.36. The Hall–Kier alpha value is -1.26. The van der Waals surface area contributed by atoms with Gasteiger partial charge < -0.3 is 15.8 Å². The Kier molecular flexibility index (Phi) is 5.67. The third-order valence-corrected chi connectivity index (χ3v) is 1.56. The molecule has 0 radical (unpaired) electrons. The second-order valence-electron chi connectivity index (χ2n) is 2.70. The summed E-state index contributed by atoms with van der Waals surface area (Å²) in [6.07, 6.45) is 0.656. The number of amides is 1. The highest BCUT2D eigenvalue weighted by Gasteiger charge is 2.11. The number of rotatable bonds is 5. The Morgan fingerprint density at radius 1 is 1.62 bits per heavy atom. The SMILES string of the molecule is CCOC(=O)NC(CC)CC(=N)N. The lowest BCUT2D eigenvalue weighted by Crippen LogP contribution is -2.37. The first-order valence-corrected chi connectivity index (χ1v) is 4.36. The molecule has 0 saturated carbocycles. The van der Waals surface area contributed by atoms with Gasteiger partial charge in [0.25, 0.3) is 0 Å². The summed E-state index contributed by atoms with van der Waals surface area (Å²) in [6, 6.07) is -0.100. The molecule has 4 N–H and O–H groups in total. The van der Waals surface area contributed by atoms with Gasteiger partial charge in [0.1, 0.15) is 0 Å². The fourth-order valence-corrected chi connectivity index (χ4v) is 0.902. The summed E-state index contributed by atoms with van der Waals surface area (Å²) < 4.78 is 4.69. The first-order chi connectivity index (χ1) is 6.10. The highest BCUT2D eigenvalue weighted by molar-refractivity contribution is 5.78. The Morgan fingerprint density at radius 2 is 2.23 bits per heavy atom. The van der Waals surface area contributed by atoms with Crippen LogP contribution in [0.25, 0.3) is 0 Å². The molecule has 5 heteroatoms. The molecule has 0 spiro atoms. The van der Waals surface area contributed by atoms with Gasteiger partial charge in [-0.05, 0) is 13.3 Å². The van der Waals surface area contributed by atoms with Crippen molar-refractivity contribution in [2.45, 2.75) is 32.7 Å². The van der Waals surface area contributed by atoms with Gasteiger partial charge in [-0.15, -0.1) is 0 Å². The second kappa shape index (κ2) is 6.28. The van der Waals surface area contributed by atoms with Crippen molar-refractivity contribution in [1.82, 2.24) is 5.32 Å². The van der Waals surface area contributed by atoms with Crippen LogP contribution in [0.15, 0.2) is 0 Å². The van der Waals surface area contributed by atoms with E-state index in [1.807, 2.05) is 6.92 Å². The van der Waals surface area contributed by atoms with Crippen molar-refractivity contribution < 1.29 is 9.53 Å². The van der Waals surface area contributed by atoms with Crippen molar-refractivity contribution in [3.05, 3.63) is 0 Å². The van der Waals surface area contributed by atoms with E-state index in [1.54, 1.807) is 6.92 Å². The van der Waals surface area contributed by atoms with Crippen LogP contribution in [-0.2, 0) is 4.74 Å². The molecule has 0 fully saturated rings. The molecule has 0 aliphatic carbocycles. The molecule has 13 heavy (non-hydrogen) atoms. The molecule has 1 atom stereocenters. The number of carbonyl (C=O) groups excluding carboxylic acids is 1. The highest BCUT2D eigenvalue weighted by atomic mass is 16.5. The summed E-state index contributed by atoms with van der Waals surface area (Å²) >= 11 is 0. The van der Waals surface area contributed by atoms with Crippen LogP contribution in [0.2, 0.25) is 0 Å². The minimum Gasteiger partial charge on any atom is -0.450 e. The lowest BCUT2D eigenvalue weighted by Gasteiger charge is -2.15. The molecule has 0 aromatic heterocycles. The summed E-state index contributed by atoms with van der Waals surface area (Å²) in [6.45, 7) is 4.01. The van der Waals surface area contributed by atoms with E-state index in [0.29, 0.717) is 13.0 Å². The largest absolute Gasteiger partial charge is 0.450 e. The lowest BCUT2D eigenvalue weighted by atomic mass is 10.1. The number of hydrogen-bond acceptors (Lipinski definition) is 3. The summed E-state index contributed by atoms with van der Waals surface area (Å²) in [5.74, 6) is 0.0728. The van der Waals surface area contributed by atoms with E-state index < -0.39 is 6.09 Å². The van der Waals surface area contributed by atoms with Crippen LogP contribution in [0.3, 0.4) is 0 Å². The molecule has 0 saturated heterocycles. The number of nitrogens with two attached hydrogens (primary N) is 1. The monoisotopic (exact) mass is 187 g/mol. The van der Waals surface area contributed by atoms with E-state index in [-0.39, 0.29) is 11.9 Å². The first kappa shape index (κ1) is 11.7. The summed E-state index contributed by atoms with van der Waals surface area (Å²) in [7, 11) is 0.